The summed E-state index contributed by atoms with van der Waals surface area (Å²) >= 11 is 0. The molecule has 1 heterocycles. The molecule has 9 nitrogen and oxygen atoms in total. The Morgan fingerprint density at radius 2 is 2.09 bits per heavy atom. The lowest BCUT2D eigenvalue weighted by Crippen LogP contribution is -2.54. The van der Waals surface area contributed by atoms with E-state index in [9.17, 15) is 19.7 Å². The number of rotatable bonds is 4. The zero-order valence-corrected chi connectivity index (χ0v) is 13.0. The summed E-state index contributed by atoms with van der Waals surface area (Å²) in [4.78, 5) is 39.4. The molecule has 0 bridgehead atoms. The fourth-order valence-corrected chi connectivity index (χ4v) is 2.23. The van der Waals surface area contributed by atoms with E-state index in [1.807, 2.05) is 0 Å². The molecule has 0 aromatic rings. The quantitative estimate of drug-likeness (QED) is 0.606. The molecule has 22 heavy (non-hydrogen) atoms. The van der Waals surface area contributed by atoms with Crippen LogP contribution >= 0.6 is 0 Å². The maximum atomic E-state index is 11.8. The van der Waals surface area contributed by atoms with Crippen LogP contribution in [0.3, 0.4) is 0 Å². The second kappa shape index (κ2) is 7.28. The topological polar surface area (TPSA) is 111 Å². The Morgan fingerprint density at radius 3 is 2.59 bits per heavy atom. The number of ether oxygens (including phenoxy) is 1. The molecule has 0 aromatic heterocycles. The Balaban J connectivity index is 2.66. The highest BCUT2D eigenvalue weighted by molar-refractivity contribution is 5.80. The number of piperidine rings is 1. The first-order valence-electron chi connectivity index (χ1n) is 6.96. The molecule has 0 aromatic carbocycles. The molecule has 0 saturated carbocycles. The van der Waals surface area contributed by atoms with Gasteiger partial charge in [-0.2, -0.15) is 0 Å². The smallest absolute Gasteiger partial charge is 0.407 e. The van der Waals surface area contributed by atoms with Crippen molar-refractivity contribution in [2.75, 3.05) is 19.7 Å². The molecule has 0 aliphatic carbocycles. The number of carbonyl (C=O) groups excluding carboxylic acids is 2. The number of nitrogens with zero attached hydrogens (tertiary/aromatic N) is 2. The lowest BCUT2D eigenvalue weighted by Gasteiger charge is -2.38. The minimum atomic E-state index is -0.893. The molecule has 1 aliphatic rings. The van der Waals surface area contributed by atoms with Crippen molar-refractivity contribution in [1.29, 1.82) is 0 Å². The van der Waals surface area contributed by atoms with Crippen LogP contribution in [0.5, 0.6) is 0 Å². The SMILES string of the molecule is [CH2]C(=O)N1CCC(NC(=O)OC(C)(C)C)C(CO[N+](=O)[O-])C1. The molecule has 1 radical (unpaired) electrons. The third kappa shape index (κ3) is 6.15. The second-order valence-corrected chi connectivity index (χ2v) is 6.16. The molecule has 1 fully saturated rings. The van der Waals surface area contributed by atoms with Crippen molar-refractivity contribution < 1.29 is 24.3 Å². The lowest BCUT2D eigenvalue weighted by atomic mass is 9.93. The van der Waals surface area contributed by atoms with E-state index in [4.69, 9.17) is 4.74 Å². The summed E-state index contributed by atoms with van der Waals surface area (Å²) < 4.78 is 5.17. The maximum Gasteiger partial charge on any atom is 0.407 e. The zero-order chi connectivity index (χ0) is 16.9. The standard InChI is InChI=1S/C13H22N3O6/c1-9(17)15-6-5-11(10(7-15)8-21-16(19)20)14-12(18)22-13(2,3)4/h10-11H,1,5-8H2,2-4H3,(H,14,18). The van der Waals surface area contributed by atoms with Gasteiger partial charge in [0.15, 0.2) is 0 Å². The van der Waals surface area contributed by atoms with Crippen molar-refractivity contribution in [2.45, 2.75) is 38.8 Å². The van der Waals surface area contributed by atoms with E-state index < -0.39 is 22.7 Å². The largest absolute Gasteiger partial charge is 0.444 e. The van der Waals surface area contributed by atoms with E-state index >= 15 is 0 Å². The predicted molar refractivity (Wildman–Crippen MR) is 76.1 cm³/mol. The maximum absolute atomic E-state index is 11.8. The molecular formula is C13H22N3O6. The van der Waals surface area contributed by atoms with Gasteiger partial charge in [-0.25, -0.2) is 4.79 Å². The van der Waals surface area contributed by atoms with Crippen molar-refractivity contribution in [3.05, 3.63) is 17.0 Å². The third-order valence-corrected chi connectivity index (χ3v) is 3.18. The van der Waals surface area contributed by atoms with Crippen LogP contribution in [0.15, 0.2) is 0 Å². The Morgan fingerprint density at radius 1 is 1.45 bits per heavy atom. The van der Waals surface area contributed by atoms with Crippen LogP contribution in [0.25, 0.3) is 0 Å². The lowest BCUT2D eigenvalue weighted by molar-refractivity contribution is -0.759. The number of carbonyl (C=O) groups is 2. The van der Waals surface area contributed by atoms with Crippen molar-refractivity contribution >= 4 is 12.0 Å². The van der Waals surface area contributed by atoms with Gasteiger partial charge >= 0.3 is 6.09 Å². The Bertz CT molecular complexity index is 434. The summed E-state index contributed by atoms with van der Waals surface area (Å²) in [6.45, 7) is 8.98. The summed E-state index contributed by atoms with van der Waals surface area (Å²) in [5.41, 5.74) is -0.638. The molecule has 1 N–H and O–H groups in total. The summed E-state index contributed by atoms with van der Waals surface area (Å²) in [5, 5.41) is 12.1. The van der Waals surface area contributed by atoms with Crippen molar-refractivity contribution in [3.63, 3.8) is 0 Å². The molecule has 1 rings (SSSR count). The fraction of sp³-hybridized carbons (Fsp3) is 0.769. The highest BCUT2D eigenvalue weighted by Crippen LogP contribution is 2.19. The van der Waals surface area contributed by atoms with Gasteiger partial charge in [0, 0.05) is 32.0 Å². The summed E-state index contributed by atoms with van der Waals surface area (Å²) in [7, 11) is 0. The van der Waals surface area contributed by atoms with Gasteiger partial charge in [0.05, 0.1) is 0 Å². The summed E-state index contributed by atoms with van der Waals surface area (Å²) in [6.07, 6.45) is -0.148. The summed E-state index contributed by atoms with van der Waals surface area (Å²) in [5.74, 6) is -0.765. The van der Waals surface area contributed by atoms with Crippen LogP contribution < -0.4 is 5.32 Å². The van der Waals surface area contributed by atoms with E-state index in [1.54, 1.807) is 20.8 Å². The monoisotopic (exact) mass is 316 g/mol. The van der Waals surface area contributed by atoms with Crippen LogP contribution in [0, 0.1) is 23.0 Å². The highest BCUT2D eigenvalue weighted by Gasteiger charge is 2.33. The molecule has 125 valence electrons. The van der Waals surface area contributed by atoms with Crippen LogP contribution in [0.4, 0.5) is 4.79 Å². The van der Waals surface area contributed by atoms with Gasteiger partial charge in [0.2, 0.25) is 5.91 Å². The summed E-state index contributed by atoms with van der Waals surface area (Å²) in [6, 6.07) is -0.370. The van der Waals surface area contributed by atoms with E-state index in [1.165, 1.54) is 4.90 Å². The predicted octanol–water partition coefficient (Wildman–Crippen LogP) is 0.771. The van der Waals surface area contributed by atoms with Crippen LogP contribution in [-0.2, 0) is 14.4 Å². The van der Waals surface area contributed by atoms with Gasteiger partial charge in [-0.3, -0.25) is 4.79 Å². The Kier molecular flexibility index (Phi) is 5.95. The van der Waals surface area contributed by atoms with Crippen molar-refractivity contribution in [3.8, 4) is 0 Å². The van der Waals surface area contributed by atoms with Gasteiger partial charge < -0.3 is 19.8 Å². The highest BCUT2D eigenvalue weighted by atomic mass is 16.9. The van der Waals surface area contributed by atoms with E-state index in [-0.39, 0.29) is 25.1 Å². The minimum absolute atomic E-state index is 0.211. The van der Waals surface area contributed by atoms with E-state index in [0.29, 0.717) is 13.0 Å². The van der Waals surface area contributed by atoms with Crippen molar-refractivity contribution in [2.24, 2.45) is 5.92 Å². The van der Waals surface area contributed by atoms with Crippen molar-refractivity contribution in [1.82, 2.24) is 10.2 Å². The third-order valence-electron chi connectivity index (χ3n) is 3.18. The first-order valence-corrected chi connectivity index (χ1v) is 6.96. The first kappa shape index (κ1) is 18.0. The number of hydrogen-bond donors (Lipinski definition) is 1. The van der Waals surface area contributed by atoms with Gasteiger partial charge in [-0.1, -0.05) is 0 Å². The molecule has 1 aliphatic heterocycles. The number of alkyl carbamates (subject to hydrolysis) is 1. The first-order chi connectivity index (χ1) is 10.1. The normalized spacial score (nSPS) is 21.9. The fourth-order valence-electron chi connectivity index (χ4n) is 2.23. The number of hydrogen-bond acceptors (Lipinski definition) is 6. The van der Waals surface area contributed by atoms with Crippen LogP contribution in [-0.4, -0.2) is 53.3 Å². The van der Waals surface area contributed by atoms with E-state index in [0.717, 1.165) is 0 Å². The van der Waals surface area contributed by atoms with Gasteiger partial charge in [-0.05, 0) is 27.2 Å². The molecular weight excluding hydrogens is 294 g/mol. The molecule has 0 spiro atoms. The second-order valence-electron chi connectivity index (χ2n) is 6.16. The van der Waals surface area contributed by atoms with Crippen LogP contribution in [0.2, 0.25) is 0 Å². The number of likely N-dealkylation sites (tertiary alicyclic amines) is 1. The Labute approximate surface area is 129 Å². The molecule has 2 amide bonds. The number of nitrogens with one attached hydrogen (secondary N) is 1. The zero-order valence-electron chi connectivity index (χ0n) is 13.0. The molecule has 9 heteroatoms. The van der Waals surface area contributed by atoms with Gasteiger partial charge in [0.1, 0.15) is 12.2 Å². The average molecular weight is 316 g/mol. The number of amides is 2. The molecule has 1 saturated heterocycles. The van der Waals surface area contributed by atoms with Gasteiger partial charge in [-0.15, -0.1) is 10.1 Å². The molecule has 2 unspecified atom stereocenters. The van der Waals surface area contributed by atoms with E-state index in [2.05, 4.69) is 17.1 Å². The molecule has 2 atom stereocenters. The van der Waals surface area contributed by atoms with Gasteiger partial charge in [0.25, 0.3) is 5.09 Å². The minimum Gasteiger partial charge on any atom is -0.444 e. The Hall–Kier alpha value is -2.06. The van der Waals surface area contributed by atoms with Crippen LogP contribution in [0.1, 0.15) is 27.2 Å². The average Bonchev–Trinajstić information content (AvgIpc) is 2.34.